The zero-order chi connectivity index (χ0) is 27.8. The molecule has 202 valence electrons. The number of rotatable bonds is 6. The third kappa shape index (κ3) is 4.73. The molecule has 9 heteroatoms. The molecule has 0 saturated carbocycles. The second kappa shape index (κ2) is 10.6. The number of amides is 3. The van der Waals surface area contributed by atoms with Crippen LogP contribution < -0.4 is 16.0 Å². The molecule has 1 aliphatic carbocycles. The van der Waals surface area contributed by atoms with Crippen molar-refractivity contribution in [2.45, 2.75) is 23.4 Å². The Morgan fingerprint density at radius 1 is 1.00 bits per heavy atom. The SMILES string of the molecule is Cn1cccc1CN1C(=O)[C@@H](NC(=O)OCC2c3ccccc3-c3ccccc32)CSc2ccc(C(N)=O)cc21. The lowest BCUT2D eigenvalue weighted by atomic mass is 9.98. The van der Waals surface area contributed by atoms with Crippen LogP contribution in [0.3, 0.4) is 0 Å². The Labute approximate surface area is 236 Å². The van der Waals surface area contributed by atoms with Gasteiger partial charge in [-0.15, -0.1) is 11.8 Å². The van der Waals surface area contributed by atoms with E-state index in [1.54, 1.807) is 23.1 Å². The average molecular weight is 553 g/mol. The van der Waals surface area contributed by atoms with E-state index in [-0.39, 0.29) is 25.0 Å². The van der Waals surface area contributed by atoms with Crippen molar-refractivity contribution in [3.8, 4) is 11.1 Å². The maximum absolute atomic E-state index is 13.9. The zero-order valence-electron chi connectivity index (χ0n) is 21.9. The Kier molecular flexibility index (Phi) is 6.81. The summed E-state index contributed by atoms with van der Waals surface area (Å²) in [5, 5.41) is 2.81. The van der Waals surface area contributed by atoms with Gasteiger partial charge in [0, 0.05) is 41.1 Å². The number of primary amides is 1. The number of thioether (sulfide) groups is 1. The smallest absolute Gasteiger partial charge is 0.407 e. The van der Waals surface area contributed by atoms with E-state index in [2.05, 4.69) is 29.6 Å². The minimum absolute atomic E-state index is 0.0809. The normalized spacial score (nSPS) is 16.1. The van der Waals surface area contributed by atoms with Crippen LogP contribution in [0, 0.1) is 0 Å². The minimum atomic E-state index is -0.828. The van der Waals surface area contributed by atoms with Crippen LogP contribution in [-0.2, 0) is 23.1 Å². The van der Waals surface area contributed by atoms with E-state index >= 15 is 0 Å². The highest BCUT2D eigenvalue weighted by Gasteiger charge is 2.34. The van der Waals surface area contributed by atoms with Crippen molar-refractivity contribution in [2.75, 3.05) is 17.3 Å². The molecular weight excluding hydrogens is 524 g/mol. The predicted octanol–water partition coefficient (Wildman–Crippen LogP) is 4.67. The molecule has 2 heterocycles. The van der Waals surface area contributed by atoms with Crippen molar-refractivity contribution in [1.29, 1.82) is 0 Å². The third-order valence-electron chi connectivity index (χ3n) is 7.51. The van der Waals surface area contributed by atoms with Gasteiger partial charge in [-0.05, 0) is 52.6 Å². The lowest BCUT2D eigenvalue weighted by Crippen LogP contribution is -2.49. The molecule has 1 atom stereocenters. The monoisotopic (exact) mass is 552 g/mol. The number of fused-ring (bicyclic) bond motifs is 4. The van der Waals surface area contributed by atoms with Crippen LogP contribution in [0.15, 0.2) is 90.0 Å². The molecule has 0 fully saturated rings. The van der Waals surface area contributed by atoms with E-state index in [0.717, 1.165) is 32.8 Å². The van der Waals surface area contributed by atoms with Crippen LogP contribution in [0.4, 0.5) is 10.5 Å². The molecule has 1 aliphatic heterocycles. The molecule has 1 aromatic heterocycles. The van der Waals surface area contributed by atoms with Crippen LogP contribution in [0.1, 0.15) is 33.1 Å². The highest BCUT2D eigenvalue weighted by atomic mass is 32.2. The third-order valence-corrected chi connectivity index (χ3v) is 8.67. The molecule has 4 aromatic rings. The number of nitrogens with two attached hydrogens (primary N) is 1. The number of nitrogens with one attached hydrogen (secondary N) is 1. The molecule has 3 N–H and O–H groups in total. The Morgan fingerprint density at radius 3 is 2.35 bits per heavy atom. The largest absolute Gasteiger partial charge is 0.449 e. The highest BCUT2D eigenvalue weighted by molar-refractivity contribution is 7.99. The maximum atomic E-state index is 13.9. The zero-order valence-corrected chi connectivity index (χ0v) is 22.7. The Hall–Kier alpha value is -4.50. The van der Waals surface area contributed by atoms with Gasteiger partial charge in [-0.1, -0.05) is 48.5 Å². The number of carbonyl (C=O) groups excluding carboxylic acids is 3. The molecule has 0 saturated heterocycles. The van der Waals surface area contributed by atoms with E-state index in [1.165, 1.54) is 11.8 Å². The summed E-state index contributed by atoms with van der Waals surface area (Å²) in [4.78, 5) is 41.3. The first kappa shape index (κ1) is 25.8. The number of hydrogen-bond donors (Lipinski definition) is 2. The number of anilines is 1. The van der Waals surface area contributed by atoms with E-state index in [4.69, 9.17) is 10.5 Å². The first-order chi connectivity index (χ1) is 19.4. The van der Waals surface area contributed by atoms with Crippen LogP contribution >= 0.6 is 11.8 Å². The van der Waals surface area contributed by atoms with Crippen LogP contribution in [0.5, 0.6) is 0 Å². The second-order valence-electron chi connectivity index (χ2n) is 9.92. The van der Waals surface area contributed by atoms with Gasteiger partial charge in [0.25, 0.3) is 5.91 Å². The molecule has 2 aliphatic rings. The fourth-order valence-electron chi connectivity index (χ4n) is 5.43. The molecule has 6 rings (SSSR count). The summed E-state index contributed by atoms with van der Waals surface area (Å²) in [5.41, 5.74) is 11.9. The molecule has 0 unspecified atom stereocenters. The lowest BCUT2D eigenvalue weighted by molar-refractivity contribution is -0.120. The van der Waals surface area contributed by atoms with Gasteiger partial charge >= 0.3 is 6.09 Å². The maximum Gasteiger partial charge on any atom is 0.407 e. The number of ether oxygens (including phenoxy) is 1. The van der Waals surface area contributed by atoms with Gasteiger partial charge in [0.05, 0.1) is 12.2 Å². The second-order valence-corrected chi connectivity index (χ2v) is 11.0. The van der Waals surface area contributed by atoms with Crippen molar-refractivity contribution in [2.24, 2.45) is 12.8 Å². The van der Waals surface area contributed by atoms with Gasteiger partial charge in [0.15, 0.2) is 0 Å². The summed E-state index contributed by atoms with van der Waals surface area (Å²) >= 11 is 1.44. The quantitative estimate of drug-likeness (QED) is 0.362. The van der Waals surface area contributed by atoms with Gasteiger partial charge in [0.2, 0.25) is 5.91 Å². The Morgan fingerprint density at radius 2 is 1.70 bits per heavy atom. The van der Waals surface area contributed by atoms with Crippen molar-refractivity contribution in [3.05, 3.63) is 107 Å². The van der Waals surface area contributed by atoms with E-state index < -0.39 is 18.0 Å². The number of hydrogen-bond acceptors (Lipinski definition) is 5. The average Bonchev–Trinajstić information content (AvgIpc) is 3.48. The summed E-state index contributed by atoms with van der Waals surface area (Å²) in [6.45, 7) is 0.421. The Balaban J connectivity index is 1.21. The molecule has 0 radical (unpaired) electrons. The summed E-state index contributed by atoms with van der Waals surface area (Å²) in [6.07, 6.45) is 1.25. The number of aromatic nitrogens is 1. The van der Waals surface area contributed by atoms with Crippen molar-refractivity contribution in [3.63, 3.8) is 0 Å². The van der Waals surface area contributed by atoms with E-state index in [1.807, 2.05) is 54.2 Å². The first-order valence-electron chi connectivity index (χ1n) is 13.0. The molecule has 40 heavy (non-hydrogen) atoms. The van der Waals surface area contributed by atoms with E-state index in [9.17, 15) is 14.4 Å². The van der Waals surface area contributed by atoms with Gasteiger partial charge in [-0.3, -0.25) is 9.59 Å². The van der Waals surface area contributed by atoms with E-state index in [0.29, 0.717) is 17.0 Å². The number of alkyl carbamates (subject to hydrolysis) is 1. The number of nitrogens with zero attached hydrogens (tertiary/aromatic N) is 2. The van der Waals surface area contributed by atoms with Crippen LogP contribution in [0.2, 0.25) is 0 Å². The highest BCUT2D eigenvalue weighted by Crippen LogP contribution is 2.44. The summed E-state index contributed by atoms with van der Waals surface area (Å²) in [6, 6.07) is 24.4. The summed E-state index contributed by atoms with van der Waals surface area (Å²) in [7, 11) is 1.90. The number of benzene rings is 3. The topological polar surface area (TPSA) is 107 Å². The van der Waals surface area contributed by atoms with Crippen molar-refractivity contribution in [1.82, 2.24) is 9.88 Å². The molecule has 0 spiro atoms. The first-order valence-corrected chi connectivity index (χ1v) is 14.0. The van der Waals surface area contributed by atoms with Gasteiger partial charge in [0.1, 0.15) is 12.6 Å². The van der Waals surface area contributed by atoms with Crippen molar-refractivity contribution >= 4 is 35.4 Å². The van der Waals surface area contributed by atoms with Crippen LogP contribution in [-0.4, -0.2) is 40.9 Å². The predicted molar refractivity (Wildman–Crippen MR) is 154 cm³/mol. The number of carbonyl (C=O) groups is 3. The molecular formula is C31H28N4O4S. The van der Waals surface area contributed by atoms with Gasteiger partial charge in [-0.2, -0.15) is 0 Å². The molecule has 8 nitrogen and oxygen atoms in total. The summed E-state index contributed by atoms with van der Waals surface area (Å²) in [5.74, 6) is -0.628. The van der Waals surface area contributed by atoms with Crippen LogP contribution in [0.25, 0.3) is 11.1 Å². The standard InChI is InChI=1S/C31H28N4O4S/c1-34-14-6-7-20(34)16-35-27-15-19(29(32)36)12-13-28(27)40-18-26(30(35)37)33-31(38)39-17-25-23-10-4-2-8-21(23)22-9-3-5-11-24(22)25/h2-15,25-26H,16-18H2,1H3,(H2,32,36)(H,33,38)/t26-/m0/s1. The Bertz CT molecular complexity index is 1590. The number of aryl methyl sites for hydroxylation is 1. The summed E-state index contributed by atoms with van der Waals surface area (Å²) < 4.78 is 7.65. The van der Waals surface area contributed by atoms with Gasteiger partial charge < -0.3 is 25.3 Å². The minimum Gasteiger partial charge on any atom is -0.449 e. The fraction of sp³-hybridized carbons (Fsp3) is 0.194. The molecule has 3 aromatic carbocycles. The van der Waals surface area contributed by atoms with Gasteiger partial charge in [-0.25, -0.2) is 4.79 Å². The fourth-order valence-corrected chi connectivity index (χ4v) is 6.48. The van der Waals surface area contributed by atoms with Crippen molar-refractivity contribution < 1.29 is 19.1 Å². The molecule has 3 amide bonds. The molecule has 0 bridgehead atoms. The lowest BCUT2D eigenvalue weighted by Gasteiger charge is -2.26.